The highest BCUT2D eigenvalue weighted by Crippen LogP contribution is 2.18. The van der Waals surface area contributed by atoms with Crippen LogP contribution in [0.2, 0.25) is 0 Å². The minimum absolute atomic E-state index is 0.389. The fourth-order valence-corrected chi connectivity index (χ4v) is 1.54. The molecular weight excluding hydrogens is 188 g/mol. The van der Waals surface area contributed by atoms with E-state index in [1.165, 1.54) is 31.8 Å². The van der Waals surface area contributed by atoms with Crippen LogP contribution in [0.1, 0.15) is 5.56 Å². The summed E-state index contributed by atoms with van der Waals surface area (Å²) in [5.74, 6) is -0.389. The largest absolute Gasteiger partial charge is 0.503 e. The van der Waals surface area contributed by atoms with Gasteiger partial charge in [0.15, 0.2) is 0 Å². The van der Waals surface area contributed by atoms with E-state index in [1.54, 1.807) is 0 Å². The Morgan fingerprint density at radius 2 is 2.31 bits per heavy atom. The van der Waals surface area contributed by atoms with Gasteiger partial charge >= 0.3 is 5.97 Å². The van der Waals surface area contributed by atoms with E-state index in [0.717, 1.165) is 5.56 Å². The van der Waals surface area contributed by atoms with Gasteiger partial charge in [-0.2, -0.15) is 11.3 Å². The lowest BCUT2D eigenvalue weighted by Crippen LogP contribution is -2.03. The molecule has 0 N–H and O–H groups in total. The van der Waals surface area contributed by atoms with Crippen LogP contribution in [0.5, 0.6) is 0 Å². The normalized spacial score (nSPS) is 11.1. The summed E-state index contributed by atoms with van der Waals surface area (Å²) in [5, 5.41) is 3.75. The van der Waals surface area contributed by atoms with Gasteiger partial charge in [0, 0.05) is 5.56 Å². The summed E-state index contributed by atoms with van der Waals surface area (Å²) in [5.41, 5.74) is 1.25. The molecule has 1 aromatic rings. The Balaban J connectivity index is 2.94. The molecule has 3 nitrogen and oxygen atoms in total. The molecule has 0 saturated heterocycles. The van der Waals surface area contributed by atoms with Gasteiger partial charge in [-0.1, -0.05) is 0 Å². The van der Waals surface area contributed by atoms with Crippen molar-refractivity contribution in [3.8, 4) is 0 Å². The minimum atomic E-state index is -0.389. The number of rotatable bonds is 3. The SMILES string of the molecule is COC=C(C(=O)OC)c1ccsc1. The monoisotopic (exact) mass is 198 g/mol. The van der Waals surface area contributed by atoms with Crippen molar-refractivity contribution >= 4 is 22.9 Å². The summed E-state index contributed by atoms with van der Waals surface area (Å²) in [6, 6.07) is 1.84. The Morgan fingerprint density at radius 1 is 1.54 bits per heavy atom. The first-order valence-electron chi connectivity index (χ1n) is 3.63. The number of hydrogen-bond acceptors (Lipinski definition) is 4. The lowest BCUT2D eigenvalue weighted by molar-refractivity contribution is -0.133. The van der Waals surface area contributed by atoms with Gasteiger partial charge in [-0.15, -0.1) is 0 Å². The van der Waals surface area contributed by atoms with Crippen molar-refractivity contribution in [1.29, 1.82) is 0 Å². The second-order valence-corrected chi connectivity index (χ2v) is 3.05. The van der Waals surface area contributed by atoms with Gasteiger partial charge in [-0.3, -0.25) is 0 Å². The average molecular weight is 198 g/mol. The van der Waals surface area contributed by atoms with Crippen molar-refractivity contribution in [2.24, 2.45) is 0 Å². The first kappa shape index (κ1) is 9.80. The maximum Gasteiger partial charge on any atom is 0.341 e. The van der Waals surface area contributed by atoms with Crippen LogP contribution in [0.15, 0.2) is 23.1 Å². The summed E-state index contributed by atoms with van der Waals surface area (Å²) < 4.78 is 9.40. The van der Waals surface area contributed by atoms with Crippen LogP contribution in [0.4, 0.5) is 0 Å². The lowest BCUT2D eigenvalue weighted by Gasteiger charge is -2.01. The maximum atomic E-state index is 11.2. The highest BCUT2D eigenvalue weighted by molar-refractivity contribution is 7.08. The van der Waals surface area contributed by atoms with Crippen LogP contribution in [0.3, 0.4) is 0 Å². The number of carbonyl (C=O) groups excluding carboxylic acids is 1. The van der Waals surface area contributed by atoms with Gasteiger partial charge in [-0.05, 0) is 16.8 Å². The standard InChI is InChI=1S/C9H10O3S/c1-11-5-8(9(10)12-2)7-3-4-13-6-7/h3-6H,1-2H3. The molecule has 0 atom stereocenters. The molecule has 0 bridgehead atoms. The predicted molar refractivity (Wildman–Crippen MR) is 51.3 cm³/mol. The number of ether oxygens (including phenoxy) is 2. The van der Waals surface area contributed by atoms with Crippen LogP contribution >= 0.6 is 11.3 Å². The molecule has 0 amide bonds. The molecule has 0 aliphatic carbocycles. The highest BCUT2D eigenvalue weighted by Gasteiger charge is 2.12. The maximum absolute atomic E-state index is 11.2. The fraction of sp³-hybridized carbons (Fsp3) is 0.222. The summed E-state index contributed by atoms with van der Waals surface area (Å²) in [6.07, 6.45) is 1.38. The summed E-state index contributed by atoms with van der Waals surface area (Å²) >= 11 is 1.52. The molecule has 1 aromatic heterocycles. The Morgan fingerprint density at radius 3 is 2.77 bits per heavy atom. The molecule has 70 valence electrons. The molecule has 0 radical (unpaired) electrons. The van der Waals surface area contributed by atoms with Crippen molar-refractivity contribution in [2.45, 2.75) is 0 Å². The zero-order chi connectivity index (χ0) is 9.68. The topological polar surface area (TPSA) is 35.5 Å². The van der Waals surface area contributed by atoms with E-state index in [0.29, 0.717) is 5.57 Å². The lowest BCUT2D eigenvalue weighted by atomic mass is 10.1. The number of thiophene rings is 1. The van der Waals surface area contributed by atoms with Crippen LogP contribution in [0.25, 0.3) is 5.57 Å². The van der Waals surface area contributed by atoms with Gasteiger partial charge < -0.3 is 9.47 Å². The third-order valence-electron chi connectivity index (χ3n) is 1.47. The van der Waals surface area contributed by atoms with E-state index >= 15 is 0 Å². The second kappa shape index (κ2) is 4.67. The quantitative estimate of drug-likeness (QED) is 0.423. The number of esters is 1. The Kier molecular flexibility index (Phi) is 3.52. The van der Waals surface area contributed by atoms with Crippen LogP contribution in [-0.4, -0.2) is 20.2 Å². The van der Waals surface area contributed by atoms with Crippen molar-refractivity contribution in [3.63, 3.8) is 0 Å². The molecule has 0 fully saturated rings. The molecule has 0 aromatic carbocycles. The molecule has 13 heavy (non-hydrogen) atoms. The number of methoxy groups -OCH3 is 2. The molecule has 0 aliphatic heterocycles. The van der Waals surface area contributed by atoms with Crippen molar-refractivity contribution in [3.05, 3.63) is 28.7 Å². The first-order chi connectivity index (χ1) is 6.29. The first-order valence-corrected chi connectivity index (χ1v) is 4.57. The molecular formula is C9H10O3S. The van der Waals surface area contributed by atoms with Crippen molar-refractivity contribution < 1.29 is 14.3 Å². The van der Waals surface area contributed by atoms with Crippen LogP contribution in [-0.2, 0) is 14.3 Å². The molecule has 0 unspecified atom stereocenters. The zero-order valence-corrected chi connectivity index (χ0v) is 8.26. The van der Waals surface area contributed by atoms with Crippen molar-refractivity contribution in [1.82, 2.24) is 0 Å². The van der Waals surface area contributed by atoms with Gasteiger partial charge in [0.2, 0.25) is 0 Å². The van der Waals surface area contributed by atoms with Crippen LogP contribution < -0.4 is 0 Å². The zero-order valence-electron chi connectivity index (χ0n) is 7.44. The molecule has 4 heteroatoms. The summed E-state index contributed by atoms with van der Waals surface area (Å²) in [7, 11) is 2.84. The van der Waals surface area contributed by atoms with E-state index in [9.17, 15) is 4.79 Å². The fourth-order valence-electron chi connectivity index (χ4n) is 0.880. The molecule has 1 rings (SSSR count). The number of carbonyl (C=O) groups is 1. The van der Waals surface area contributed by atoms with E-state index in [2.05, 4.69) is 4.74 Å². The van der Waals surface area contributed by atoms with Gasteiger partial charge in [-0.25, -0.2) is 4.79 Å². The van der Waals surface area contributed by atoms with Crippen molar-refractivity contribution in [2.75, 3.05) is 14.2 Å². The number of hydrogen-bond donors (Lipinski definition) is 0. The third kappa shape index (κ3) is 2.32. The molecule has 0 spiro atoms. The highest BCUT2D eigenvalue weighted by atomic mass is 32.1. The molecule has 1 heterocycles. The summed E-state index contributed by atoms with van der Waals surface area (Å²) in [4.78, 5) is 11.2. The van der Waals surface area contributed by atoms with E-state index < -0.39 is 0 Å². The van der Waals surface area contributed by atoms with Gasteiger partial charge in [0.1, 0.15) is 5.57 Å². The molecule has 0 aliphatic rings. The predicted octanol–water partition coefficient (Wildman–Crippen LogP) is 1.91. The Hall–Kier alpha value is -1.29. The Bertz CT molecular complexity index is 301. The van der Waals surface area contributed by atoms with E-state index in [4.69, 9.17) is 4.74 Å². The van der Waals surface area contributed by atoms with E-state index in [1.807, 2.05) is 16.8 Å². The second-order valence-electron chi connectivity index (χ2n) is 2.27. The van der Waals surface area contributed by atoms with Crippen LogP contribution in [0, 0.1) is 0 Å². The molecule has 0 saturated carbocycles. The van der Waals surface area contributed by atoms with E-state index in [-0.39, 0.29) is 5.97 Å². The Labute approximate surface area is 80.6 Å². The third-order valence-corrected chi connectivity index (χ3v) is 2.16. The average Bonchev–Trinajstić information content (AvgIpc) is 2.65. The van der Waals surface area contributed by atoms with Gasteiger partial charge in [0.25, 0.3) is 0 Å². The smallest absolute Gasteiger partial charge is 0.341 e. The summed E-state index contributed by atoms with van der Waals surface area (Å²) in [6.45, 7) is 0. The minimum Gasteiger partial charge on any atom is -0.503 e. The van der Waals surface area contributed by atoms with Gasteiger partial charge in [0.05, 0.1) is 20.5 Å².